The second-order valence-corrected chi connectivity index (χ2v) is 12.3. The van der Waals surface area contributed by atoms with Gasteiger partial charge >= 0.3 is 4.87 Å². The van der Waals surface area contributed by atoms with Crippen molar-refractivity contribution in [2.24, 2.45) is 29.6 Å². The number of aromatic nitrogens is 1. The average Bonchev–Trinajstić information content (AvgIpc) is 3.60. The van der Waals surface area contributed by atoms with E-state index < -0.39 is 17.7 Å². The fourth-order valence-corrected chi connectivity index (χ4v) is 10.1. The molecule has 2 aliphatic carbocycles. The molecule has 2 N–H and O–H groups in total. The highest BCUT2D eigenvalue weighted by molar-refractivity contribution is 8.00. The van der Waals surface area contributed by atoms with Crippen molar-refractivity contribution in [1.82, 2.24) is 4.98 Å². The summed E-state index contributed by atoms with van der Waals surface area (Å²) in [6.07, 6.45) is 0.776. The van der Waals surface area contributed by atoms with E-state index in [1.807, 2.05) is 19.1 Å². The number of nitrogens with one attached hydrogen (secondary N) is 1. The molecule has 0 radical (unpaired) electrons. The van der Waals surface area contributed by atoms with Crippen molar-refractivity contribution in [3.8, 4) is 11.5 Å². The van der Waals surface area contributed by atoms with Gasteiger partial charge in [-0.25, -0.2) is 4.39 Å². The Hall–Kier alpha value is -3.11. The first-order valence-corrected chi connectivity index (χ1v) is 14.1. The number of phenols is 1. The van der Waals surface area contributed by atoms with Crippen LogP contribution in [0.25, 0.3) is 0 Å². The van der Waals surface area contributed by atoms with Gasteiger partial charge in [-0.3, -0.25) is 19.3 Å². The van der Waals surface area contributed by atoms with Crippen LogP contribution in [0.5, 0.6) is 11.5 Å². The molecule has 3 aromatic rings. The molecule has 2 saturated carbocycles. The first-order valence-electron chi connectivity index (χ1n) is 12.4. The molecule has 0 spiro atoms. The number of carbonyl (C=O) groups excluding carboxylic acids is 2. The minimum Gasteiger partial charge on any atom is -0.504 e. The number of anilines is 1. The van der Waals surface area contributed by atoms with Crippen molar-refractivity contribution in [2.45, 2.75) is 29.5 Å². The van der Waals surface area contributed by atoms with Gasteiger partial charge in [-0.05, 0) is 73.1 Å². The lowest BCUT2D eigenvalue weighted by Crippen LogP contribution is -2.42. The number of halogens is 1. The first kappa shape index (κ1) is 23.0. The molecule has 7 nitrogen and oxygen atoms in total. The molecule has 7 atom stereocenters. The second-order valence-electron chi connectivity index (χ2n) is 10.1. The van der Waals surface area contributed by atoms with Crippen molar-refractivity contribution in [3.63, 3.8) is 0 Å². The highest BCUT2D eigenvalue weighted by atomic mass is 32.2. The summed E-state index contributed by atoms with van der Waals surface area (Å²) in [5.74, 6) is -1.43. The van der Waals surface area contributed by atoms with E-state index in [9.17, 15) is 23.9 Å². The maximum absolute atomic E-state index is 13.7. The van der Waals surface area contributed by atoms with Crippen molar-refractivity contribution in [2.75, 3.05) is 11.5 Å². The summed E-state index contributed by atoms with van der Waals surface area (Å²) in [7, 11) is 0. The number of phenolic OH excluding ortho intramolecular Hbond substituents is 1. The number of rotatable bonds is 4. The van der Waals surface area contributed by atoms with Crippen molar-refractivity contribution in [1.29, 1.82) is 0 Å². The van der Waals surface area contributed by atoms with E-state index >= 15 is 0 Å². The molecule has 2 bridgehead atoms. The molecular weight excluding hydrogens is 515 g/mol. The maximum Gasteiger partial charge on any atom is 0.305 e. The highest BCUT2D eigenvalue weighted by Gasteiger charge is 2.69. The van der Waals surface area contributed by atoms with Crippen LogP contribution in [0.2, 0.25) is 0 Å². The summed E-state index contributed by atoms with van der Waals surface area (Å²) in [5, 5.41) is 11.2. The molecule has 1 saturated heterocycles. The fraction of sp³-hybridized carbons (Fsp3) is 0.370. The van der Waals surface area contributed by atoms with Gasteiger partial charge in [0.1, 0.15) is 5.82 Å². The van der Waals surface area contributed by atoms with Gasteiger partial charge in [-0.2, -0.15) is 0 Å². The number of hydrogen-bond donors (Lipinski definition) is 2. The smallest absolute Gasteiger partial charge is 0.305 e. The quantitative estimate of drug-likeness (QED) is 0.479. The van der Waals surface area contributed by atoms with Crippen LogP contribution in [0, 0.1) is 35.4 Å². The van der Waals surface area contributed by atoms with Crippen LogP contribution in [0.4, 0.5) is 10.1 Å². The molecule has 2 aliphatic heterocycles. The van der Waals surface area contributed by atoms with E-state index in [1.54, 1.807) is 17.8 Å². The Morgan fingerprint density at radius 2 is 1.81 bits per heavy atom. The summed E-state index contributed by atoms with van der Waals surface area (Å²) in [6.45, 7) is 2.25. The Bertz CT molecular complexity index is 1500. The van der Waals surface area contributed by atoms with E-state index in [0.717, 1.165) is 21.9 Å². The third kappa shape index (κ3) is 3.21. The number of fused-ring (bicyclic) bond motifs is 9. The summed E-state index contributed by atoms with van der Waals surface area (Å²) >= 11 is 2.81. The number of nitrogens with zero attached hydrogens (tertiary/aromatic N) is 1. The number of ether oxygens (including phenoxy) is 1. The van der Waals surface area contributed by atoms with Gasteiger partial charge in [0.2, 0.25) is 11.8 Å². The van der Waals surface area contributed by atoms with Crippen LogP contribution in [0.15, 0.2) is 52.3 Å². The number of amides is 2. The third-order valence-electron chi connectivity index (χ3n) is 8.45. The normalized spacial score (nSPS) is 31.4. The summed E-state index contributed by atoms with van der Waals surface area (Å²) in [5.41, 5.74) is 1.32. The first-order chi connectivity index (χ1) is 17.9. The molecule has 37 heavy (non-hydrogen) atoms. The predicted molar refractivity (Wildman–Crippen MR) is 137 cm³/mol. The number of imide groups is 1. The van der Waals surface area contributed by atoms with Crippen molar-refractivity contribution in [3.05, 3.63) is 68.4 Å². The van der Waals surface area contributed by atoms with Gasteiger partial charge in [-0.15, -0.1) is 11.8 Å². The topological polar surface area (TPSA) is 99.7 Å². The van der Waals surface area contributed by atoms with Crippen LogP contribution >= 0.6 is 23.1 Å². The molecule has 1 aromatic heterocycles. The Kier molecular flexibility index (Phi) is 5.10. The van der Waals surface area contributed by atoms with Crippen LogP contribution in [-0.2, 0) is 9.59 Å². The Balaban J connectivity index is 1.32. The molecule has 3 fully saturated rings. The van der Waals surface area contributed by atoms with Crippen molar-refractivity contribution < 1.29 is 23.8 Å². The molecular formula is C27H23FN2O5S2. The Morgan fingerprint density at radius 1 is 1.08 bits per heavy atom. The SMILES string of the molecule is CCOc1cc([C@H]2c3sc(=O)[nH]c3S[C@@H]3[C@@H]4C[C@H]([C@H]5C(=O)N(c6ccc(F)cc6)C(=O)[C@H]45)[C@H]23)ccc1O. The van der Waals surface area contributed by atoms with Gasteiger partial charge in [0, 0.05) is 16.0 Å². The van der Waals surface area contributed by atoms with Gasteiger partial charge in [-0.1, -0.05) is 17.4 Å². The number of hydrogen-bond acceptors (Lipinski definition) is 7. The number of benzene rings is 2. The van der Waals surface area contributed by atoms with Crippen LogP contribution < -0.4 is 14.5 Å². The molecule has 190 valence electrons. The van der Waals surface area contributed by atoms with Crippen LogP contribution in [0.3, 0.4) is 0 Å². The number of H-pyrrole nitrogens is 1. The molecule has 2 aromatic carbocycles. The number of thioether (sulfide) groups is 1. The fourth-order valence-electron chi connectivity index (χ4n) is 7.23. The second kappa shape index (κ2) is 8.19. The summed E-state index contributed by atoms with van der Waals surface area (Å²) in [6, 6.07) is 10.8. The van der Waals surface area contributed by atoms with Crippen LogP contribution in [0.1, 0.15) is 29.7 Å². The minimum absolute atomic E-state index is 0.00516. The maximum atomic E-state index is 13.7. The number of thiazole rings is 1. The van der Waals surface area contributed by atoms with Gasteiger partial charge in [0.15, 0.2) is 11.5 Å². The monoisotopic (exact) mass is 538 g/mol. The van der Waals surface area contributed by atoms with Crippen molar-refractivity contribution >= 4 is 40.6 Å². The lowest BCUT2D eigenvalue weighted by atomic mass is 9.68. The minimum atomic E-state index is -0.437. The molecule has 3 heterocycles. The van der Waals surface area contributed by atoms with E-state index in [0.29, 0.717) is 18.0 Å². The predicted octanol–water partition coefficient (Wildman–Crippen LogP) is 4.36. The number of carbonyl (C=O) groups is 2. The van der Waals surface area contributed by atoms with E-state index in [4.69, 9.17) is 4.74 Å². The molecule has 4 aliphatic rings. The van der Waals surface area contributed by atoms with E-state index in [2.05, 4.69) is 4.98 Å². The molecule has 0 unspecified atom stereocenters. The lowest BCUT2D eigenvalue weighted by Gasteiger charge is -2.43. The molecule has 10 heteroatoms. The van der Waals surface area contributed by atoms with E-state index in [-0.39, 0.29) is 51.4 Å². The molecule has 7 rings (SSSR count). The third-order valence-corrected chi connectivity index (χ3v) is 11.0. The van der Waals surface area contributed by atoms with Gasteiger partial charge in [0.25, 0.3) is 0 Å². The number of aromatic hydroxyl groups is 1. The summed E-state index contributed by atoms with van der Waals surface area (Å²) < 4.78 is 19.2. The Labute approximate surface area is 219 Å². The van der Waals surface area contributed by atoms with Crippen LogP contribution in [-0.4, -0.2) is 33.8 Å². The average molecular weight is 539 g/mol. The largest absolute Gasteiger partial charge is 0.504 e. The zero-order valence-electron chi connectivity index (χ0n) is 19.7. The van der Waals surface area contributed by atoms with Gasteiger partial charge in [0.05, 0.1) is 29.2 Å². The lowest BCUT2D eigenvalue weighted by molar-refractivity contribution is -0.123. The standard InChI is InChI=1S/C27H23FN2O5S2/c1-2-35-17-9-11(3-8-16(17)31)18-19-14-10-15(22(19)36-24-23(18)37-27(34)29-24)21-20(14)25(32)30(26(21)33)13-6-4-12(28)5-7-13/h3-9,14-15,18-22,31H,2,10H2,1H3,(H,29,34)/t14-,15+,18+,19+,20+,21+,22+/m0/s1. The zero-order valence-corrected chi connectivity index (χ0v) is 21.4. The number of aromatic amines is 1. The zero-order chi connectivity index (χ0) is 25.6. The Morgan fingerprint density at radius 3 is 2.54 bits per heavy atom. The molecule has 2 amide bonds. The summed E-state index contributed by atoms with van der Waals surface area (Å²) in [4.78, 5) is 44.8. The van der Waals surface area contributed by atoms with Gasteiger partial charge < -0.3 is 14.8 Å². The highest BCUT2D eigenvalue weighted by Crippen LogP contribution is 2.68. The van der Waals surface area contributed by atoms with E-state index in [1.165, 1.54) is 40.5 Å².